The first kappa shape index (κ1) is 24.9. The second-order valence-corrected chi connectivity index (χ2v) is 10.3. The Balaban J connectivity index is 1.65. The van der Waals surface area contributed by atoms with Crippen molar-refractivity contribution in [1.29, 1.82) is 0 Å². The minimum absolute atomic E-state index is 0.0771. The van der Waals surface area contributed by atoms with E-state index in [-0.39, 0.29) is 16.9 Å². The van der Waals surface area contributed by atoms with Gasteiger partial charge < -0.3 is 15.2 Å². The number of amides is 3. The van der Waals surface area contributed by atoms with Gasteiger partial charge in [0, 0.05) is 10.0 Å². The number of imide groups is 1. The quantitative estimate of drug-likeness (QED) is 0.389. The molecule has 2 aromatic rings. The van der Waals surface area contributed by atoms with Crippen molar-refractivity contribution in [2.24, 2.45) is 5.73 Å². The van der Waals surface area contributed by atoms with E-state index in [1.54, 1.807) is 24.3 Å². The first-order chi connectivity index (χ1) is 15.5. The highest BCUT2D eigenvalue weighted by atomic mass is 79.9. The first-order valence-electron chi connectivity index (χ1n) is 10.2. The largest absolute Gasteiger partial charge is 0.490 e. The molecule has 0 atom stereocenters. The number of halogens is 1. The maximum absolute atomic E-state index is 12.5. The van der Waals surface area contributed by atoms with Gasteiger partial charge in [-0.3, -0.25) is 19.3 Å². The molecule has 33 heavy (non-hydrogen) atoms. The number of rotatable bonds is 8. The zero-order valence-corrected chi connectivity index (χ0v) is 21.0. The van der Waals surface area contributed by atoms with E-state index in [2.05, 4.69) is 36.7 Å². The highest BCUT2D eigenvalue weighted by Gasteiger charge is 2.36. The van der Waals surface area contributed by atoms with Crippen LogP contribution in [0.3, 0.4) is 0 Å². The maximum atomic E-state index is 12.5. The molecule has 3 rings (SSSR count). The molecule has 0 aliphatic carbocycles. The normalized spacial score (nSPS) is 15.3. The number of hydrogen-bond donors (Lipinski definition) is 1. The molecule has 174 valence electrons. The van der Waals surface area contributed by atoms with Gasteiger partial charge in [0.25, 0.3) is 11.1 Å². The highest BCUT2D eigenvalue weighted by molar-refractivity contribution is 9.10. The van der Waals surface area contributed by atoms with Gasteiger partial charge in [-0.2, -0.15) is 0 Å². The molecule has 2 aromatic carbocycles. The van der Waals surface area contributed by atoms with Crippen LogP contribution in [-0.2, 0) is 15.0 Å². The number of ether oxygens (including phenoxy) is 2. The van der Waals surface area contributed by atoms with Gasteiger partial charge in [-0.15, -0.1) is 0 Å². The molecule has 0 spiro atoms. The number of thioether (sulfide) groups is 1. The van der Waals surface area contributed by atoms with Gasteiger partial charge in [0.1, 0.15) is 31.3 Å². The van der Waals surface area contributed by atoms with Crippen molar-refractivity contribution in [2.45, 2.75) is 26.2 Å². The van der Waals surface area contributed by atoms with Gasteiger partial charge in [-0.1, -0.05) is 54.9 Å². The summed E-state index contributed by atoms with van der Waals surface area (Å²) < 4.78 is 12.5. The predicted molar refractivity (Wildman–Crippen MR) is 132 cm³/mol. The lowest BCUT2D eigenvalue weighted by Gasteiger charge is -2.19. The Morgan fingerprint density at radius 2 is 1.76 bits per heavy atom. The molecule has 1 saturated heterocycles. The number of hydrogen-bond acceptors (Lipinski definition) is 6. The molecule has 9 heteroatoms. The smallest absolute Gasteiger partial charge is 0.294 e. The number of carbonyl (C=O) groups excluding carboxylic acids is 3. The zero-order chi connectivity index (χ0) is 24.2. The van der Waals surface area contributed by atoms with Crippen molar-refractivity contribution in [1.82, 2.24) is 4.90 Å². The van der Waals surface area contributed by atoms with Crippen molar-refractivity contribution in [3.05, 3.63) is 63.0 Å². The Hall–Kier alpha value is -2.78. The predicted octanol–water partition coefficient (Wildman–Crippen LogP) is 4.73. The van der Waals surface area contributed by atoms with E-state index >= 15 is 0 Å². The number of primary amides is 1. The SMILES string of the molecule is CC(C)(C)c1ccc(OCCOc2cc(Br)ccc2/C=C2\SC(=O)N(CC(N)=O)C2=O)cc1. The number of benzene rings is 2. The molecular formula is C24H25BrN2O5S. The molecular weight excluding hydrogens is 508 g/mol. The Morgan fingerprint density at radius 1 is 1.09 bits per heavy atom. The summed E-state index contributed by atoms with van der Waals surface area (Å²) in [6.45, 7) is 6.64. The van der Waals surface area contributed by atoms with E-state index in [9.17, 15) is 14.4 Å². The van der Waals surface area contributed by atoms with E-state index in [4.69, 9.17) is 15.2 Å². The lowest BCUT2D eigenvalue weighted by molar-refractivity contribution is -0.127. The molecule has 0 aromatic heterocycles. The molecule has 0 unspecified atom stereocenters. The van der Waals surface area contributed by atoms with Crippen molar-refractivity contribution in [3.8, 4) is 11.5 Å². The van der Waals surface area contributed by atoms with Crippen LogP contribution in [0, 0.1) is 0 Å². The summed E-state index contributed by atoms with van der Waals surface area (Å²) in [4.78, 5) is 36.7. The lowest BCUT2D eigenvalue weighted by atomic mass is 9.87. The maximum Gasteiger partial charge on any atom is 0.294 e. The molecule has 1 fully saturated rings. The van der Waals surface area contributed by atoms with Crippen molar-refractivity contribution in [3.63, 3.8) is 0 Å². The second kappa shape index (κ2) is 10.4. The van der Waals surface area contributed by atoms with Gasteiger partial charge in [0.15, 0.2) is 0 Å². The molecule has 1 aliphatic rings. The second-order valence-electron chi connectivity index (χ2n) is 8.39. The van der Waals surface area contributed by atoms with Gasteiger partial charge >= 0.3 is 0 Å². The summed E-state index contributed by atoms with van der Waals surface area (Å²) in [7, 11) is 0. The Labute approximate surface area is 205 Å². The van der Waals surface area contributed by atoms with Gasteiger partial charge in [0.05, 0.1) is 4.91 Å². The minimum Gasteiger partial charge on any atom is -0.490 e. The van der Waals surface area contributed by atoms with Crippen LogP contribution in [0.4, 0.5) is 4.79 Å². The Kier molecular flexibility index (Phi) is 7.86. The summed E-state index contributed by atoms with van der Waals surface area (Å²) in [6.07, 6.45) is 1.57. The zero-order valence-electron chi connectivity index (χ0n) is 18.6. The van der Waals surface area contributed by atoms with Gasteiger partial charge in [-0.05, 0) is 53.1 Å². The summed E-state index contributed by atoms with van der Waals surface area (Å²) >= 11 is 4.18. The number of nitrogens with zero attached hydrogens (tertiary/aromatic N) is 1. The molecule has 7 nitrogen and oxygen atoms in total. The minimum atomic E-state index is -0.751. The van der Waals surface area contributed by atoms with Crippen molar-refractivity contribution in [2.75, 3.05) is 19.8 Å². The topological polar surface area (TPSA) is 98.9 Å². The van der Waals surface area contributed by atoms with E-state index in [0.717, 1.165) is 26.9 Å². The third kappa shape index (κ3) is 6.61. The van der Waals surface area contributed by atoms with Crippen LogP contribution in [0.1, 0.15) is 31.9 Å². The summed E-state index contributed by atoms with van der Waals surface area (Å²) in [5, 5.41) is -0.532. The fraction of sp³-hybridized carbons (Fsp3) is 0.292. The van der Waals surface area contributed by atoms with Crippen molar-refractivity contribution >= 4 is 50.8 Å². The van der Waals surface area contributed by atoms with Crippen LogP contribution >= 0.6 is 27.7 Å². The van der Waals surface area contributed by atoms with Crippen LogP contribution < -0.4 is 15.2 Å². The third-order valence-corrected chi connectivity index (χ3v) is 6.18. The van der Waals surface area contributed by atoms with Crippen LogP contribution in [-0.4, -0.2) is 41.7 Å². The monoisotopic (exact) mass is 532 g/mol. The molecule has 3 amide bonds. The highest BCUT2D eigenvalue weighted by Crippen LogP contribution is 2.34. The summed E-state index contributed by atoms with van der Waals surface area (Å²) in [5.74, 6) is -0.0269. The summed E-state index contributed by atoms with van der Waals surface area (Å²) in [5.41, 5.74) is 7.05. The van der Waals surface area contributed by atoms with E-state index in [1.807, 2.05) is 24.3 Å². The Bertz CT molecular complexity index is 1090. The lowest BCUT2D eigenvalue weighted by Crippen LogP contribution is -2.36. The van der Waals surface area contributed by atoms with Crippen LogP contribution in [0.25, 0.3) is 6.08 Å². The fourth-order valence-electron chi connectivity index (χ4n) is 3.05. The Morgan fingerprint density at radius 3 is 2.39 bits per heavy atom. The first-order valence-corrected chi connectivity index (χ1v) is 11.8. The van der Waals surface area contributed by atoms with Crippen LogP contribution in [0.15, 0.2) is 51.8 Å². The molecule has 0 radical (unpaired) electrons. The number of nitrogens with two attached hydrogens (primary N) is 1. The van der Waals surface area contributed by atoms with E-state index in [1.165, 1.54) is 5.56 Å². The average Bonchev–Trinajstić information content (AvgIpc) is 2.99. The molecule has 2 N–H and O–H groups in total. The standard InChI is InChI=1S/C24H25BrN2O5S/c1-24(2,3)16-5-8-18(9-6-16)31-10-11-32-19-13-17(25)7-4-15(19)12-20-22(29)27(14-21(26)28)23(30)33-20/h4-9,12-13H,10-11,14H2,1-3H3,(H2,26,28)/b20-12-. The third-order valence-electron chi connectivity index (χ3n) is 4.78. The van der Waals surface area contributed by atoms with Crippen LogP contribution in [0.2, 0.25) is 0 Å². The van der Waals surface area contributed by atoms with Crippen LogP contribution in [0.5, 0.6) is 11.5 Å². The van der Waals surface area contributed by atoms with E-state index in [0.29, 0.717) is 17.9 Å². The summed E-state index contributed by atoms with van der Waals surface area (Å²) in [6, 6.07) is 13.3. The fourth-order valence-corrected chi connectivity index (χ4v) is 4.22. The number of carbonyl (C=O) groups is 3. The average molecular weight is 533 g/mol. The van der Waals surface area contributed by atoms with E-state index < -0.39 is 23.6 Å². The molecule has 1 aliphatic heterocycles. The van der Waals surface area contributed by atoms with Crippen molar-refractivity contribution < 1.29 is 23.9 Å². The van der Waals surface area contributed by atoms with Gasteiger partial charge in [0.2, 0.25) is 5.91 Å². The molecule has 0 bridgehead atoms. The molecule has 0 saturated carbocycles. The van der Waals surface area contributed by atoms with Gasteiger partial charge in [-0.25, -0.2) is 0 Å². The molecule has 1 heterocycles.